The first-order valence-corrected chi connectivity index (χ1v) is 8.32. The Labute approximate surface area is 137 Å². The molecule has 5 heteroatoms. The van der Waals surface area contributed by atoms with Crippen LogP contribution in [0.4, 0.5) is 4.39 Å². The highest BCUT2D eigenvalue weighted by molar-refractivity contribution is 5.81. The van der Waals surface area contributed by atoms with Gasteiger partial charge in [-0.05, 0) is 37.8 Å². The van der Waals surface area contributed by atoms with Crippen molar-refractivity contribution >= 4 is 11.8 Å². The zero-order valence-electron chi connectivity index (χ0n) is 13.8. The van der Waals surface area contributed by atoms with Gasteiger partial charge in [0, 0.05) is 25.0 Å². The fraction of sp³-hybridized carbons (Fsp3) is 0.556. The Morgan fingerprint density at radius 1 is 1.30 bits per heavy atom. The first-order chi connectivity index (χ1) is 11.0. The van der Waals surface area contributed by atoms with Gasteiger partial charge in [-0.25, -0.2) is 4.39 Å². The molecule has 1 heterocycles. The van der Waals surface area contributed by atoms with Gasteiger partial charge in [-0.2, -0.15) is 0 Å². The topological polar surface area (TPSA) is 49.4 Å². The molecule has 23 heavy (non-hydrogen) atoms. The molecule has 1 unspecified atom stereocenters. The lowest BCUT2D eigenvalue weighted by Crippen LogP contribution is -2.45. The smallest absolute Gasteiger partial charge is 0.227 e. The van der Waals surface area contributed by atoms with Crippen LogP contribution in [0.5, 0.6) is 0 Å². The number of piperidine rings is 1. The van der Waals surface area contributed by atoms with E-state index in [9.17, 15) is 14.0 Å². The van der Waals surface area contributed by atoms with Crippen LogP contribution in [0.3, 0.4) is 0 Å². The average molecular weight is 320 g/mol. The van der Waals surface area contributed by atoms with Gasteiger partial charge >= 0.3 is 0 Å². The van der Waals surface area contributed by atoms with Crippen molar-refractivity contribution in [2.75, 3.05) is 13.1 Å². The van der Waals surface area contributed by atoms with E-state index in [2.05, 4.69) is 5.32 Å². The highest BCUT2D eigenvalue weighted by Crippen LogP contribution is 2.19. The van der Waals surface area contributed by atoms with Crippen LogP contribution in [0, 0.1) is 11.7 Å². The Kier molecular flexibility index (Phi) is 6.13. The normalized spacial score (nSPS) is 16.9. The van der Waals surface area contributed by atoms with Gasteiger partial charge in [0.1, 0.15) is 5.82 Å². The molecule has 1 fully saturated rings. The molecule has 126 valence electrons. The highest BCUT2D eigenvalue weighted by atomic mass is 19.1. The predicted molar refractivity (Wildman–Crippen MR) is 87.3 cm³/mol. The lowest BCUT2D eigenvalue weighted by Gasteiger charge is -2.32. The van der Waals surface area contributed by atoms with E-state index in [-0.39, 0.29) is 36.0 Å². The summed E-state index contributed by atoms with van der Waals surface area (Å²) >= 11 is 0. The predicted octanol–water partition coefficient (Wildman–Crippen LogP) is 2.52. The van der Waals surface area contributed by atoms with Crippen molar-refractivity contribution in [2.24, 2.45) is 5.92 Å². The van der Waals surface area contributed by atoms with E-state index in [1.54, 1.807) is 23.1 Å². The van der Waals surface area contributed by atoms with E-state index in [0.717, 1.165) is 6.42 Å². The van der Waals surface area contributed by atoms with Gasteiger partial charge in [0.15, 0.2) is 0 Å². The number of benzene rings is 1. The number of carbonyl (C=O) groups is 2. The molecule has 0 bridgehead atoms. The molecule has 1 atom stereocenters. The lowest BCUT2D eigenvalue weighted by molar-refractivity contribution is -0.135. The summed E-state index contributed by atoms with van der Waals surface area (Å²) in [6, 6.07) is 6.54. The van der Waals surface area contributed by atoms with Crippen LogP contribution in [0.25, 0.3) is 0 Å². The Balaban J connectivity index is 1.83. The Bertz CT molecular complexity index is 554. The summed E-state index contributed by atoms with van der Waals surface area (Å²) < 4.78 is 13.6. The molecule has 1 saturated heterocycles. The van der Waals surface area contributed by atoms with Gasteiger partial charge in [0.05, 0.1) is 6.42 Å². The molecule has 0 aromatic heterocycles. The zero-order chi connectivity index (χ0) is 16.8. The second-order valence-electron chi connectivity index (χ2n) is 6.24. The van der Waals surface area contributed by atoms with Crippen LogP contribution >= 0.6 is 0 Å². The van der Waals surface area contributed by atoms with Crippen molar-refractivity contribution < 1.29 is 14.0 Å². The van der Waals surface area contributed by atoms with E-state index >= 15 is 0 Å². The largest absolute Gasteiger partial charge is 0.353 e. The van der Waals surface area contributed by atoms with Crippen LogP contribution in [0.2, 0.25) is 0 Å². The van der Waals surface area contributed by atoms with Gasteiger partial charge in [-0.15, -0.1) is 0 Å². The maximum atomic E-state index is 13.6. The number of nitrogens with zero attached hydrogens (tertiary/aromatic N) is 1. The van der Waals surface area contributed by atoms with Gasteiger partial charge in [-0.3, -0.25) is 9.59 Å². The third-order valence-electron chi connectivity index (χ3n) is 4.52. The van der Waals surface area contributed by atoms with E-state index < -0.39 is 0 Å². The lowest BCUT2D eigenvalue weighted by atomic mass is 9.95. The van der Waals surface area contributed by atoms with Gasteiger partial charge in [-0.1, -0.05) is 25.1 Å². The number of carbonyl (C=O) groups excluding carboxylic acids is 2. The summed E-state index contributed by atoms with van der Waals surface area (Å²) in [6.07, 6.45) is 2.33. The maximum Gasteiger partial charge on any atom is 0.227 e. The van der Waals surface area contributed by atoms with Crippen LogP contribution < -0.4 is 5.32 Å². The van der Waals surface area contributed by atoms with Crippen molar-refractivity contribution in [2.45, 2.75) is 45.6 Å². The summed E-state index contributed by atoms with van der Waals surface area (Å²) in [6.45, 7) is 5.15. The van der Waals surface area contributed by atoms with Crippen molar-refractivity contribution in [3.8, 4) is 0 Å². The molecule has 1 aliphatic rings. The van der Waals surface area contributed by atoms with Crippen molar-refractivity contribution in [3.63, 3.8) is 0 Å². The molecule has 1 aromatic rings. The Hall–Kier alpha value is -1.91. The quantitative estimate of drug-likeness (QED) is 0.906. The third kappa shape index (κ3) is 4.78. The molecule has 0 aliphatic carbocycles. The SMILES string of the molecule is CCC(C)NC(=O)C1CCN(C(=O)Cc2ccccc2F)CC1. The van der Waals surface area contributed by atoms with Gasteiger partial charge < -0.3 is 10.2 Å². The third-order valence-corrected chi connectivity index (χ3v) is 4.52. The van der Waals surface area contributed by atoms with Crippen LogP contribution in [0.15, 0.2) is 24.3 Å². The van der Waals surface area contributed by atoms with E-state index in [1.165, 1.54) is 6.07 Å². The highest BCUT2D eigenvalue weighted by Gasteiger charge is 2.27. The second kappa shape index (κ2) is 8.09. The zero-order valence-corrected chi connectivity index (χ0v) is 13.8. The molecule has 2 rings (SSSR count). The first-order valence-electron chi connectivity index (χ1n) is 8.32. The fourth-order valence-electron chi connectivity index (χ4n) is 2.77. The number of amides is 2. The monoisotopic (exact) mass is 320 g/mol. The summed E-state index contributed by atoms with van der Waals surface area (Å²) in [4.78, 5) is 26.1. The molecular formula is C18H25FN2O2. The molecule has 0 spiro atoms. The minimum atomic E-state index is -0.344. The summed E-state index contributed by atoms with van der Waals surface area (Å²) in [5.74, 6) is -0.360. The molecular weight excluding hydrogens is 295 g/mol. The van der Waals surface area contributed by atoms with Crippen LogP contribution in [-0.2, 0) is 16.0 Å². The standard InChI is InChI=1S/C18H25FN2O2/c1-3-13(2)20-18(23)14-8-10-21(11-9-14)17(22)12-15-6-4-5-7-16(15)19/h4-7,13-14H,3,8-12H2,1-2H3,(H,20,23). The Morgan fingerprint density at radius 2 is 1.96 bits per heavy atom. The molecule has 0 radical (unpaired) electrons. The Morgan fingerprint density at radius 3 is 2.57 bits per heavy atom. The molecule has 1 N–H and O–H groups in total. The van der Waals surface area contributed by atoms with E-state index in [4.69, 9.17) is 0 Å². The van der Waals surface area contributed by atoms with E-state index in [1.807, 2.05) is 13.8 Å². The average Bonchev–Trinajstić information content (AvgIpc) is 2.56. The van der Waals surface area contributed by atoms with Crippen molar-refractivity contribution in [1.29, 1.82) is 0 Å². The maximum absolute atomic E-state index is 13.6. The molecule has 1 aromatic carbocycles. The van der Waals surface area contributed by atoms with Crippen LogP contribution in [-0.4, -0.2) is 35.8 Å². The minimum Gasteiger partial charge on any atom is -0.353 e. The fourth-order valence-corrected chi connectivity index (χ4v) is 2.77. The van der Waals surface area contributed by atoms with E-state index in [0.29, 0.717) is 31.5 Å². The summed E-state index contributed by atoms with van der Waals surface area (Å²) in [5, 5.41) is 3.00. The molecule has 4 nitrogen and oxygen atoms in total. The number of rotatable bonds is 5. The van der Waals surface area contributed by atoms with Gasteiger partial charge in [0.25, 0.3) is 0 Å². The summed E-state index contributed by atoms with van der Waals surface area (Å²) in [5.41, 5.74) is 0.425. The minimum absolute atomic E-state index is 0.0264. The second-order valence-corrected chi connectivity index (χ2v) is 6.24. The molecule has 0 saturated carbocycles. The number of nitrogens with one attached hydrogen (secondary N) is 1. The van der Waals surface area contributed by atoms with Crippen molar-refractivity contribution in [3.05, 3.63) is 35.6 Å². The molecule has 1 aliphatic heterocycles. The number of hydrogen-bond donors (Lipinski definition) is 1. The van der Waals surface area contributed by atoms with Crippen molar-refractivity contribution in [1.82, 2.24) is 10.2 Å². The molecule has 2 amide bonds. The number of hydrogen-bond acceptors (Lipinski definition) is 2. The number of likely N-dealkylation sites (tertiary alicyclic amines) is 1. The number of halogens is 1. The first kappa shape index (κ1) is 17.4. The van der Waals surface area contributed by atoms with Crippen LogP contribution in [0.1, 0.15) is 38.7 Å². The van der Waals surface area contributed by atoms with Gasteiger partial charge in [0.2, 0.25) is 11.8 Å². The summed E-state index contributed by atoms with van der Waals surface area (Å²) in [7, 11) is 0.